The monoisotopic (exact) mass is 377 g/mol. The van der Waals surface area contributed by atoms with Crippen molar-refractivity contribution in [3.63, 3.8) is 0 Å². The summed E-state index contributed by atoms with van der Waals surface area (Å²) in [5, 5.41) is 12.1. The Morgan fingerprint density at radius 2 is 1.77 bits per heavy atom. The molecule has 0 heterocycles. The van der Waals surface area contributed by atoms with Gasteiger partial charge in [0, 0.05) is 17.1 Å². The van der Waals surface area contributed by atoms with Gasteiger partial charge in [0.25, 0.3) is 0 Å². The third kappa shape index (κ3) is 4.98. The van der Waals surface area contributed by atoms with Crippen molar-refractivity contribution in [1.29, 1.82) is 0 Å². The summed E-state index contributed by atoms with van der Waals surface area (Å²) in [6, 6.07) is 12.5. The number of rotatable bonds is 8. The minimum absolute atomic E-state index is 0.154. The van der Waals surface area contributed by atoms with Gasteiger partial charge in [-0.1, -0.05) is 12.1 Å². The number of benzene rings is 2. The highest BCUT2D eigenvalue weighted by Gasteiger charge is 2.36. The normalized spacial score (nSPS) is 12.9. The van der Waals surface area contributed by atoms with Crippen LogP contribution in [0.1, 0.15) is 18.9 Å². The molecule has 0 aliphatic rings. The summed E-state index contributed by atoms with van der Waals surface area (Å²) in [7, 11) is 1.59. The van der Waals surface area contributed by atoms with Gasteiger partial charge in [-0.3, -0.25) is 4.79 Å². The van der Waals surface area contributed by atoms with Crippen LogP contribution in [0.5, 0.6) is 5.75 Å². The van der Waals surface area contributed by atoms with E-state index >= 15 is 0 Å². The van der Waals surface area contributed by atoms with E-state index in [1.165, 1.54) is 43.0 Å². The molecule has 0 aliphatic carbocycles. The summed E-state index contributed by atoms with van der Waals surface area (Å²) in [5.41, 5.74) is -1.31. The third-order valence-corrected chi connectivity index (χ3v) is 4.91. The van der Waals surface area contributed by atoms with Crippen LogP contribution in [-0.4, -0.2) is 29.8 Å². The second kappa shape index (κ2) is 8.71. The number of ether oxygens (including phenoxy) is 1. The van der Waals surface area contributed by atoms with E-state index in [-0.39, 0.29) is 12.3 Å². The molecule has 7 heteroatoms. The summed E-state index contributed by atoms with van der Waals surface area (Å²) in [4.78, 5) is 24.9. The first-order valence-corrected chi connectivity index (χ1v) is 8.91. The van der Waals surface area contributed by atoms with Gasteiger partial charge in [0.2, 0.25) is 5.91 Å². The fourth-order valence-corrected chi connectivity index (χ4v) is 3.16. The number of carboxylic acids is 1. The molecule has 0 aromatic heterocycles. The van der Waals surface area contributed by atoms with Crippen LogP contribution in [0.2, 0.25) is 0 Å². The molecule has 2 aromatic rings. The minimum Gasteiger partial charge on any atom is -0.497 e. The lowest BCUT2D eigenvalue weighted by Gasteiger charge is -2.26. The van der Waals surface area contributed by atoms with Crippen LogP contribution in [-0.2, 0) is 15.1 Å². The molecule has 0 saturated heterocycles. The lowest BCUT2D eigenvalue weighted by atomic mass is 9.92. The van der Waals surface area contributed by atoms with Crippen molar-refractivity contribution in [2.45, 2.75) is 23.8 Å². The van der Waals surface area contributed by atoms with Gasteiger partial charge in [-0.05, 0) is 48.9 Å². The second-order valence-electron chi connectivity index (χ2n) is 5.76. The van der Waals surface area contributed by atoms with E-state index in [0.717, 1.165) is 10.6 Å². The molecule has 0 spiro atoms. The number of aliphatic carboxylic acids is 1. The van der Waals surface area contributed by atoms with Crippen molar-refractivity contribution in [1.82, 2.24) is 5.32 Å². The summed E-state index contributed by atoms with van der Waals surface area (Å²) < 4.78 is 18.2. The number of halogens is 1. The molecule has 0 radical (unpaired) electrons. The zero-order valence-corrected chi connectivity index (χ0v) is 15.3. The summed E-state index contributed by atoms with van der Waals surface area (Å²) in [5.74, 6) is -0.815. The number of carboxylic acid groups (broad SMARTS) is 1. The van der Waals surface area contributed by atoms with Gasteiger partial charge in [0.05, 0.1) is 7.11 Å². The first kappa shape index (κ1) is 19.8. The number of nitrogens with one attached hydrogen (secondary N) is 1. The molecule has 26 heavy (non-hydrogen) atoms. The van der Waals surface area contributed by atoms with E-state index in [1.807, 2.05) is 24.3 Å². The zero-order valence-electron chi connectivity index (χ0n) is 14.5. The predicted octanol–water partition coefficient (Wildman–Crippen LogP) is 3.43. The minimum atomic E-state index is -1.62. The van der Waals surface area contributed by atoms with Gasteiger partial charge in [0.1, 0.15) is 11.6 Å². The Labute approximate surface area is 155 Å². The van der Waals surface area contributed by atoms with E-state index in [9.17, 15) is 19.1 Å². The fourth-order valence-electron chi connectivity index (χ4n) is 2.31. The van der Waals surface area contributed by atoms with Crippen LogP contribution in [0.15, 0.2) is 53.4 Å². The Hall–Kier alpha value is -2.54. The Bertz CT molecular complexity index is 764. The summed E-state index contributed by atoms with van der Waals surface area (Å²) in [6.45, 7) is 1.39. The van der Waals surface area contributed by atoms with Crippen molar-refractivity contribution in [2.24, 2.45) is 0 Å². The summed E-state index contributed by atoms with van der Waals surface area (Å²) in [6.07, 6.45) is 0.154. The SMILES string of the molecule is COc1ccc(SCCC(=O)NC(C)(C(=O)O)c2ccc(F)cc2)cc1. The van der Waals surface area contributed by atoms with Crippen LogP contribution in [0.25, 0.3) is 0 Å². The molecule has 0 bridgehead atoms. The number of carbonyl (C=O) groups is 2. The van der Waals surface area contributed by atoms with Crippen molar-refractivity contribution in [2.75, 3.05) is 12.9 Å². The maximum atomic E-state index is 13.1. The summed E-state index contributed by atoms with van der Waals surface area (Å²) >= 11 is 1.49. The molecular weight excluding hydrogens is 357 g/mol. The van der Waals surface area contributed by atoms with Crippen molar-refractivity contribution < 1.29 is 23.8 Å². The molecule has 1 unspecified atom stereocenters. The van der Waals surface area contributed by atoms with E-state index in [2.05, 4.69) is 5.32 Å². The lowest BCUT2D eigenvalue weighted by molar-refractivity contribution is -0.147. The van der Waals surface area contributed by atoms with Crippen LogP contribution in [0, 0.1) is 5.82 Å². The average molecular weight is 377 g/mol. The highest BCUT2D eigenvalue weighted by atomic mass is 32.2. The topological polar surface area (TPSA) is 75.6 Å². The van der Waals surface area contributed by atoms with E-state index < -0.39 is 17.3 Å². The second-order valence-corrected chi connectivity index (χ2v) is 6.93. The quantitative estimate of drug-likeness (QED) is 0.690. The molecule has 0 aliphatic heterocycles. The van der Waals surface area contributed by atoms with Gasteiger partial charge in [-0.15, -0.1) is 11.8 Å². The Morgan fingerprint density at radius 3 is 2.31 bits per heavy atom. The number of thioether (sulfide) groups is 1. The van der Waals surface area contributed by atoms with Crippen LogP contribution < -0.4 is 10.1 Å². The Kier molecular flexibility index (Phi) is 6.63. The smallest absolute Gasteiger partial charge is 0.333 e. The van der Waals surface area contributed by atoms with Gasteiger partial charge in [0.15, 0.2) is 5.54 Å². The zero-order chi connectivity index (χ0) is 19.2. The maximum absolute atomic E-state index is 13.1. The van der Waals surface area contributed by atoms with Crippen LogP contribution in [0.4, 0.5) is 4.39 Å². The first-order chi connectivity index (χ1) is 12.3. The largest absolute Gasteiger partial charge is 0.497 e. The molecule has 0 fully saturated rings. The van der Waals surface area contributed by atoms with E-state index in [4.69, 9.17) is 4.74 Å². The number of amides is 1. The van der Waals surface area contributed by atoms with Gasteiger partial charge < -0.3 is 15.2 Å². The van der Waals surface area contributed by atoms with Crippen molar-refractivity contribution in [3.05, 3.63) is 59.9 Å². The maximum Gasteiger partial charge on any atom is 0.333 e. The Balaban J connectivity index is 1.95. The molecule has 2 aromatic carbocycles. The van der Waals surface area contributed by atoms with Crippen molar-refractivity contribution >= 4 is 23.6 Å². The van der Waals surface area contributed by atoms with E-state index in [1.54, 1.807) is 7.11 Å². The van der Waals surface area contributed by atoms with Gasteiger partial charge in [-0.25, -0.2) is 9.18 Å². The number of hydrogen-bond acceptors (Lipinski definition) is 4. The highest BCUT2D eigenvalue weighted by Crippen LogP contribution is 2.24. The Morgan fingerprint density at radius 1 is 1.15 bits per heavy atom. The van der Waals surface area contributed by atoms with Crippen molar-refractivity contribution in [3.8, 4) is 5.75 Å². The number of carbonyl (C=O) groups excluding carboxylic acids is 1. The van der Waals surface area contributed by atoms with E-state index in [0.29, 0.717) is 11.3 Å². The average Bonchev–Trinajstić information content (AvgIpc) is 2.62. The molecule has 1 amide bonds. The molecule has 1 atom stereocenters. The van der Waals surface area contributed by atoms with Crippen LogP contribution >= 0.6 is 11.8 Å². The number of hydrogen-bond donors (Lipinski definition) is 2. The predicted molar refractivity (Wildman–Crippen MR) is 97.9 cm³/mol. The molecule has 0 saturated carbocycles. The lowest BCUT2D eigenvalue weighted by Crippen LogP contribution is -2.49. The number of methoxy groups -OCH3 is 1. The molecule has 2 N–H and O–H groups in total. The molecule has 2 rings (SSSR count). The fraction of sp³-hybridized carbons (Fsp3) is 0.263. The van der Waals surface area contributed by atoms with Crippen LogP contribution in [0.3, 0.4) is 0 Å². The standard InChI is InChI=1S/C19H20FNO4S/c1-19(18(23)24,13-3-5-14(20)6-4-13)21-17(22)11-12-26-16-9-7-15(25-2)8-10-16/h3-10H,11-12H2,1-2H3,(H,21,22)(H,23,24). The highest BCUT2D eigenvalue weighted by molar-refractivity contribution is 7.99. The molecule has 5 nitrogen and oxygen atoms in total. The molecular formula is C19H20FNO4S. The third-order valence-electron chi connectivity index (χ3n) is 3.90. The molecule has 138 valence electrons. The van der Waals surface area contributed by atoms with Gasteiger partial charge in [-0.2, -0.15) is 0 Å². The van der Waals surface area contributed by atoms with Gasteiger partial charge >= 0.3 is 5.97 Å². The first-order valence-electron chi connectivity index (χ1n) is 7.92.